The minimum absolute atomic E-state index is 0.0298. The van der Waals surface area contributed by atoms with E-state index in [-0.39, 0.29) is 24.4 Å². The first kappa shape index (κ1) is 26.1. The Hall–Kier alpha value is -2.55. The van der Waals surface area contributed by atoms with Gasteiger partial charge >= 0.3 is 0 Å². The van der Waals surface area contributed by atoms with Gasteiger partial charge in [-0.15, -0.1) is 10.2 Å². The topological polar surface area (TPSA) is 98.1 Å². The molecule has 2 N–H and O–H groups in total. The molecule has 0 unspecified atom stereocenters. The van der Waals surface area contributed by atoms with Crippen LogP contribution in [0.25, 0.3) is 0 Å². The van der Waals surface area contributed by atoms with Crippen LogP contribution in [0.15, 0.2) is 29.4 Å². The van der Waals surface area contributed by atoms with E-state index in [9.17, 15) is 9.59 Å². The lowest BCUT2D eigenvalue weighted by Gasteiger charge is -2.29. The highest BCUT2D eigenvalue weighted by atomic mass is 32.2. The van der Waals surface area contributed by atoms with Crippen LogP contribution in [-0.2, 0) is 29.1 Å². The minimum Gasteiger partial charge on any atom is -0.481 e. The monoisotopic (exact) mass is 487 g/mol. The highest BCUT2D eigenvalue weighted by Gasteiger charge is 2.23. The molecule has 2 amide bonds. The fourth-order valence-electron chi connectivity index (χ4n) is 4.15. The van der Waals surface area contributed by atoms with E-state index in [1.54, 1.807) is 6.92 Å². The third-order valence-corrected chi connectivity index (χ3v) is 7.30. The predicted octanol–water partition coefficient (Wildman–Crippen LogP) is 3.73. The van der Waals surface area contributed by atoms with Crippen LogP contribution < -0.4 is 15.4 Å². The normalized spacial score (nSPS) is 18.8. The van der Waals surface area contributed by atoms with Crippen molar-refractivity contribution in [2.24, 2.45) is 5.92 Å². The van der Waals surface area contributed by atoms with Gasteiger partial charge < -0.3 is 19.9 Å². The number of carbonyl (C=O) groups excluding carboxylic acids is 2. The molecule has 1 aliphatic carbocycles. The predicted molar refractivity (Wildman–Crippen MR) is 134 cm³/mol. The fourth-order valence-corrected chi connectivity index (χ4v) is 4.99. The highest BCUT2D eigenvalue weighted by molar-refractivity contribution is 7.99. The summed E-state index contributed by atoms with van der Waals surface area (Å²) in [6.07, 6.45) is 4.98. The number of hydrogen-bond acceptors (Lipinski definition) is 6. The molecule has 0 radical (unpaired) electrons. The van der Waals surface area contributed by atoms with Crippen molar-refractivity contribution in [1.29, 1.82) is 0 Å². The van der Waals surface area contributed by atoms with Crippen molar-refractivity contribution >= 4 is 23.6 Å². The molecule has 3 atom stereocenters. The quantitative estimate of drug-likeness (QED) is 0.469. The molecule has 2 aromatic rings. The van der Waals surface area contributed by atoms with Crippen LogP contribution in [0.2, 0.25) is 0 Å². The Morgan fingerprint density at radius 2 is 1.91 bits per heavy atom. The third-order valence-electron chi connectivity index (χ3n) is 6.33. The lowest BCUT2D eigenvalue weighted by molar-refractivity contribution is -0.127. The molecule has 1 saturated carbocycles. The Kier molecular flexibility index (Phi) is 9.80. The second-order valence-electron chi connectivity index (χ2n) is 8.84. The van der Waals surface area contributed by atoms with Crippen LogP contribution in [0.5, 0.6) is 5.75 Å². The van der Waals surface area contributed by atoms with E-state index in [0.717, 1.165) is 12.8 Å². The van der Waals surface area contributed by atoms with E-state index >= 15 is 0 Å². The summed E-state index contributed by atoms with van der Waals surface area (Å²) >= 11 is 1.38. The zero-order valence-corrected chi connectivity index (χ0v) is 21.5. The SMILES string of the molecule is CCc1ccc(O[C@H](C)C(=O)NCc2nnc(SCC(=O)N[C@@H]3CCCC[C@@H]3C)n2CC)cc1. The van der Waals surface area contributed by atoms with Crippen LogP contribution in [0.3, 0.4) is 0 Å². The summed E-state index contributed by atoms with van der Waals surface area (Å²) in [5, 5.41) is 15.2. The summed E-state index contributed by atoms with van der Waals surface area (Å²) in [6.45, 7) is 8.91. The van der Waals surface area contributed by atoms with E-state index in [2.05, 4.69) is 34.7 Å². The molecule has 1 heterocycles. The second kappa shape index (κ2) is 12.8. The van der Waals surface area contributed by atoms with Gasteiger partial charge in [0.15, 0.2) is 17.1 Å². The lowest BCUT2D eigenvalue weighted by atomic mass is 9.86. The van der Waals surface area contributed by atoms with E-state index in [4.69, 9.17) is 4.74 Å². The Bertz CT molecular complexity index is 947. The van der Waals surface area contributed by atoms with Gasteiger partial charge in [0.1, 0.15) is 5.75 Å². The molecule has 1 fully saturated rings. The van der Waals surface area contributed by atoms with Crippen molar-refractivity contribution < 1.29 is 14.3 Å². The number of carbonyl (C=O) groups is 2. The maximum Gasteiger partial charge on any atom is 0.261 e. The number of thioether (sulfide) groups is 1. The molecule has 0 aliphatic heterocycles. The van der Waals surface area contributed by atoms with Gasteiger partial charge in [0.05, 0.1) is 12.3 Å². The Morgan fingerprint density at radius 3 is 2.59 bits per heavy atom. The van der Waals surface area contributed by atoms with Gasteiger partial charge in [-0.1, -0.05) is 50.6 Å². The summed E-state index contributed by atoms with van der Waals surface area (Å²) in [4.78, 5) is 25.0. The van der Waals surface area contributed by atoms with E-state index in [1.165, 1.54) is 36.6 Å². The zero-order valence-electron chi connectivity index (χ0n) is 20.7. The largest absolute Gasteiger partial charge is 0.481 e. The average Bonchev–Trinajstić information content (AvgIpc) is 3.24. The Morgan fingerprint density at radius 1 is 1.18 bits per heavy atom. The first-order valence-electron chi connectivity index (χ1n) is 12.3. The maximum absolute atomic E-state index is 12.5. The summed E-state index contributed by atoms with van der Waals surface area (Å²) in [5.41, 5.74) is 1.22. The molecule has 9 heteroatoms. The van der Waals surface area contributed by atoms with Crippen molar-refractivity contribution in [2.75, 3.05) is 5.75 Å². The van der Waals surface area contributed by atoms with Crippen LogP contribution in [0.1, 0.15) is 64.8 Å². The minimum atomic E-state index is -0.634. The van der Waals surface area contributed by atoms with Crippen molar-refractivity contribution in [3.8, 4) is 5.75 Å². The molecule has 8 nitrogen and oxygen atoms in total. The van der Waals surface area contributed by atoms with Crippen molar-refractivity contribution in [1.82, 2.24) is 25.4 Å². The Balaban J connectivity index is 1.48. The number of ether oxygens (including phenoxy) is 1. The molecular weight excluding hydrogens is 450 g/mol. The molecule has 1 aliphatic rings. The first-order valence-corrected chi connectivity index (χ1v) is 13.3. The van der Waals surface area contributed by atoms with Gasteiger partial charge in [0.2, 0.25) is 5.91 Å². The van der Waals surface area contributed by atoms with Gasteiger partial charge in [0, 0.05) is 12.6 Å². The summed E-state index contributed by atoms with van der Waals surface area (Å²) < 4.78 is 7.68. The molecule has 0 saturated heterocycles. The third kappa shape index (κ3) is 7.22. The van der Waals surface area contributed by atoms with Gasteiger partial charge in [-0.3, -0.25) is 9.59 Å². The number of hydrogen-bond donors (Lipinski definition) is 2. The van der Waals surface area contributed by atoms with Crippen molar-refractivity contribution in [3.05, 3.63) is 35.7 Å². The number of rotatable bonds is 11. The van der Waals surface area contributed by atoms with Gasteiger partial charge in [-0.05, 0) is 56.7 Å². The summed E-state index contributed by atoms with van der Waals surface area (Å²) in [7, 11) is 0. The smallest absolute Gasteiger partial charge is 0.261 e. The molecule has 34 heavy (non-hydrogen) atoms. The van der Waals surface area contributed by atoms with Crippen LogP contribution in [-0.4, -0.2) is 44.5 Å². The average molecular weight is 488 g/mol. The Labute approximate surface area is 206 Å². The van der Waals surface area contributed by atoms with Crippen LogP contribution in [0, 0.1) is 5.92 Å². The highest BCUT2D eigenvalue weighted by Crippen LogP contribution is 2.24. The number of amides is 2. The fraction of sp³-hybridized carbons (Fsp3) is 0.600. The first-order chi connectivity index (χ1) is 16.4. The van der Waals surface area contributed by atoms with E-state index < -0.39 is 6.10 Å². The number of nitrogens with one attached hydrogen (secondary N) is 2. The maximum atomic E-state index is 12.5. The van der Waals surface area contributed by atoms with Gasteiger partial charge in [-0.2, -0.15) is 0 Å². The molecule has 0 spiro atoms. The van der Waals surface area contributed by atoms with Crippen LogP contribution >= 0.6 is 11.8 Å². The number of aryl methyl sites for hydroxylation is 1. The lowest BCUT2D eigenvalue weighted by Crippen LogP contribution is -2.41. The number of aromatic nitrogens is 3. The second-order valence-corrected chi connectivity index (χ2v) is 9.79. The van der Waals surface area contributed by atoms with Crippen molar-refractivity contribution in [2.45, 2.75) is 90.2 Å². The summed E-state index contributed by atoms with van der Waals surface area (Å²) in [5.74, 6) is 1.95. The molecule has 3 rings (SSSR count). The molecule has 0 bridgehead atoms. The zero-order chi connectivity index (χ0) is 24.5. The molecule has 186 valence electrons. The van der Waals surface area contributed by atoms with E-state index in [0.29, 0.717) is 34.9 Å². The molecular formula is C25H37N5O3S. The molecule has 1 aromatic heterocycles. The number of nitrogens with zero attached hydrogens (tertiary/aromatic N) is 3. The molecule has 1 aromatic carbocycles. The van der Waals surface area contributed by atoms with Crippen molar-refractivity contribution in [3.63, 3.8) is 0 Å². The van der Waals surface area contributed by atoms with Gasteiger partial charge in [0.25, 0.3) is 5.91 Å². The van der Waals surface area contributed by atoms with Crippen LogP contribution in [0.4, 0.5) is 0 Å². The summed E-state index contributed by atoms with van der Waals surface area (Å²) in [6, 6.07) is 8.03. The van der Waals surface area contributed by atoms with Gasteiger partial charge in [-0.25, -0.2) is 0 Å². The number of benzene rings is 1. The standard InChI is InChI=1S/C25H37N5O3S/c1-5-19-11-13-20(14-12-19)33-18(4)24(32)26-15-22-28-29-25(30(22)6-2)34-16-23(31)27-21-10-8-7-9-17(21)3/h11-14,17-18,21H,5-10,15-16H2,1-4H3,(H,26,32)(H,27,31)/t17-,18+,21+/m0/s1. The van der Waals surface area contributed by atoms with E-state index in [1.807, 2.05) is 35.8 Å².